The monoisotopic (exact) mass is 379 g/mol. The van der Waals surface area contributed by atoms with Crippen LogP contribution in [0.1, 0.15) is 38.1 Å². The summed E-state index contributed by atoms with van der Waals surface area (Å²) in [6.07, 6.45) is -6.01. The van der Waals surface area contributed by atoms with Gasteiger partial charge < -0.3 is 14.4 Å². The van der Waals surface area contributed by atoms with Crippen LogP contribution in [0.5, 0.6) is 0 Å². The molecule has 0 radical (unpaired) electrons. The molecule has 1 aromatic rings. The van der Waals surface area contributed by atoms with Crippen molar-refractivity contribution < 1.29 is 36.6 Å². The number of benzene rings is 1. The Morgan fingerprint density at radius 3 is 2.23 bits per heavy atom. The van der Waals surface area contributed by atoms with Gasteiger partial charge in [-0.15, -0.1) is 0 Å². The van der Waals surface area contributed by atoms with Crippen LogP contribution in [0.3, 0.4) is 0 Å². The number of esters is 1. The molecule has 1 aromatic carbocycles. The molecular formula is C17H21F4NO4. The first kappa shape index (κ1) is 21.9. The van der Waals surface area contributed by atoms with Crippen LogP contribution in [-0.2, 0) is 14.3 Å². The van der Waals surface area contributed by atoms with Crippen molar-refractivity contribution >= 4 is 17.6 Å². The van der Waals surface area contributed by atoms with Crippen LogP contribution in [0.2, 0.25) is 0 Å². The maximum absolute atomic E-state index is 13.7. The third-order valence-corrected chi connectivity index (χ3v) is 3.20. The average Bonchev–Trinajstić information content (AvgIpc) is 2.48. The summed E-state index contributed by atoms with van der Waals surface area (Å²) in [6.45, 7) is 5.61. The number of ether oxygens (including phenoxy) is 2. The second-order valence-corrected chi connectivity index (χ2v) is 6.62. The molecule has 0 aliphatic heterocycles. The Kier molecular flexibility index (Phi) is 6.76. The van der Waals surface area contributed by atoms with Gasteiger partial charge in [-0.1, -0.05) is 0 Å². The van der Waals surface area contributed by atoms with Gasteiger partial charge in [0.25, 0.3) is 0 Å². The highest BCUT2D eigenvalue weighted by Crippen LogP contribution is 2.29. The SMILES string of the molecule is COC(C)CN(C(=O)C(F)(F)F)c1cc(F)ccc1C(=O)OC(C)(C)C. The maximum Gasteiger partial charge on any atom is 0.471 e. The molecule has 26 heavy (non-hydrogen) atoms. The fourth-order valence-corrected chi connectivity index (χ4v) is 2.01. The molecule has 5 nitrogen and oxygen atoms in total. The van der Waals surface area contributed by atoms with Gasteiger partial charge in [0.1, 0.15) is 11.4 Å². The van der Waals surface area contributed by atoms with E-state index in [1.54, 1.807) is 20.8 Å². The van der Waals surface area contributed by atoms with Crippen molar-refractivity contribution in [1.29, 1.82) is 0 Å². The van der Waals surface area contributed by atoms with Crippen molar-refractivity contribution in [1.82, 2.24) is 0 Å². The van der Waals surface area contributed by atoms with Crippen molar-refractivity contribution in [3.8, 4) is 0 Å². The zero-order chi connectivity index (χ0) is 20.3. The van der Waals surface area contributed by atoms with Gasteiger partial charge in [-0.3, -0.25) is 4.79 Å². The van der Waals surface area contributed by atoms with E-state index < -0.39 is 47.8 Å². The maximum atomic E-state index is 13.7. The Morgan fingerprint density at radius 2 is 1.77 bits per heavy atom. The molecular weight excluding hydrogens is 358 g/mol. The number of anilines is 1. The molecule has 0 aliphatic carbocycles. The van der Waals surface area contributed by atoms with Gasteiger partial charge in [-0.25, -0.2) is 9.18 Å². The number of alkyl halides is 3. The van der Waals surface area contributed by atoms with E-state index in [1.165, 1.54) is 14.0 Å². The zero-order valence-corrected chi connectivity index (χ0v) is 15.1. The quantitative estimate of drug-likeness (QED) is 0.578. The summed E-state index contributed by atoms with van der Waals surface area (Å²) in [5, 5.41) is 0. The van der Waals surface area contributed by atoms with E-state index in [0.717, 1.165) is 12.1 Å². The number of amides is 1. The Morgan fingerprint density at radius 1 is 1.19 bits per heavy atom. The summed E-state index contributed by atoms with van der Waals surface area (Å²) in [7, 11) is 1.25. The second-order valence-electron chi connectivity index (χ2n) is 6.62. The molecule has 1 amide bonds. The number of carbonyl (C=O) groups excluding carboxylic acids is 2. The van der Waals surface area contributed by atoms with Crippen LogP contribution in [0.25, 0.3) is 0 Å². The lowest BCUT2D eigenvalue weighted by molar-refractivity contribution is -0.170. The normalized spacial score (nSPS) is 13.3. The van der Waals surface area contributed by atoms with Gasteiger partial charge in [0.2, 0.25) is 0 Å². The van der Waals surface area contributed by atoms with Crippen LogP contribution >= 0.6 is 0 Å². The first-order valence-corrected chi connectivity index (χ1v) is 7.70. The Balaban J connectivity index is 3.46. The first-order chi connectivity index (χ1) is 11.8. The van der Waals surface area contributed by atoms with E-state index in [4.69, 9.17) is 9.47 Å². The third kappa shape index (κ3) is 5.98. The van der Waals surface area contributed by atoms with Gasteiger partial charge in [0.05, 0.1) is 23.9 Å². The molecule has 0 saturated heterocycles. The summed E-state index contributed by atoms with van der Waals surface area (Å²) in [4.78, 5) is 24.5. The summed E-state index contributed by atoms with van der Waals surface area (Å²) in [5.41, 5.74) is -1.82. The number of methoxy groups -OCH3 is 1. The minimum Gasteiger partial charge on any atom is -0.456 e. The molecule has 0 spiro atoms. The molecule has 0 fully saturated rings. The molecule has 0 bridgehead atoms. The fraction of sp³-hybridized carbons (Fsp3) is 0.529. The smallest absolute Gasteiger partial charge is 0.456 e. The van der Waals surface area contributed by atoms with E-state index in [2.05, 4.69) is 0 Å². The van der Waals surface area contributed by atoms with Gasteiger partial charge >= 0.3 is 18.1 Å². The minimum atomic E-state index is -5.22. The Bertz CT molecular complexity index is 668. The van der Waals surface area contributed by atoms with Crippen molar-refractivity contribution in [2.24, 2.45) is 0 Å². The van der Waals surface area contributed by atoms with Crippen LogP contribution in [0.15, 0.2) is 18.2 Å². The van der Waals surface area contributed by atoms with E-state index >= 15 is 0 Å². The molecule has 1 rings (SSSR count). The number of rotatable bonds is 5. The van der Waals surface area contributed by atoms with Crippen LogP contribution in [0, 0.1) is 5.82 Å². The molecule has 0 N–H and O–H groups in total. The van der Waals surface area contributed by atoms with Gasteiger partial charge in [0.15, 0.2) is 0 Å². The molecule has 0 saturated carbocycles. The van der Waals surface area contributed by atoms with Crippen LogP contribution < -0.4 is 4.90 Å². The highest BCUT2D eigenvalue weighted by Gasteiger charge is 2.44. The number of halogens is 4. The lowest BCUT2D eigenvalue weighted by Gasteiger charge is -2.28. The van der Waals surface area contributed by atoms with Crippen molar-refractivity contribution in [3.05, 3.63) is 29.6 Å². The highest BCUT2D eigenvalue weighted by molar-refractivity contribution is 6.04. The Hall–Kier alpha value is -2.16. The summed E-state index contributed by atoms with van der Waals surface area (Å²) in [6, 6.07) is 2.57. The molecule has 9 heteroatoms. The molecule has 0 aromatic heterocycles. The topological polar surface area (TPSA) is 55.8 Å². The molecule has 0 heterocycles. The largest absolute Gasteiger partial charge is 0.471 e. The number of hydrogen-bond donors (Lipinski definition) is 0. The molecule has 1 unspecified atom stereocenters. The molecule has 0 aliphatic rings. The molecule has 1 atom stereocenters. The predicted molar refractivity (Wildman–Crippen MR) is 86.4 cm³/mol. The van der Waals surface area contributed by atoms with E-state index in [1.807, 2.05) is 0 Å². The van der Waals surface area contributed by atoms with Gasteiger partial charge in [-0.05, 0) is 45.9 Å². The number of carbonyl (C=O) groups is 2. The van der Waals surface area contributed by atoms with E-state index in [0.29, 0.717) is 6.07 Å². The average molecular weight is 379 g/mol. The van der Waals surface area contributed by atoms with Crippen molar-refractivity contribution in [2.75, 3.05) is 18.6 Å². The lowest BCUT2D eigenvalue weighted by Crippen LogP contribution is -2.45. The number of nitrogens with zero attached hydrogens (tertiary/aromatic N) is 1. The van der Waals surface area contributed by atoms with E-state index in [-0.39, 0.29) is 10.5 Å². The number of hydrogen-bond acceptors (Lipinski definition) is 4. The van der Waals surface area contributed by atoms with Crippen LogP contribution in [-0.4, -0.2) is 43.4 Å². The van der Waals surface area contributed by atoms with Crippen molar-refractivity contribution in [3.63, 3.8) is 0 Å². The Labute approximate surface area is 148 Å². The minimum absolute atomic E-state index is 0.274. The molecule has 146 valence electrons. The lowest BCUT2D eigenvalue weighted by atomic mass is 10.1. The summed E-state index contributed by atoms with van der Waals surface area (Å²) >= 11 is 0. The zero-order valence-electron chi connectivity index (χ0n) is 15.1. The highest BCUT2D eigenvalue weighted by atomic mass is 19.4. The standard InChI is InChI=1S/C17H21F4NO4/c1-10(25-5)9-22(15(24)17(19,20)21)13-8-11(18)6-7-12(13)14(23)26-16(2,3)4/h6-8,10H,9H2,1-5H3. The second kappa shape index (κ2) is 8.03. The summed E-state index contributed by atoms with van der Waals surface area (Å²) in [5.74, 6) is -4.12. The third-order valence-electron chi connectivity index (χ3n) is 3.20. The van der Waals surface area contributed by atoms with Crippen molar-refractivity contribution in [2.45, 2.75) is 45.6 Å². The van der Waals surface area contributed by atoms with Gasteiger partial charge in [0, 0.05) is 7.11 Å². The fourth-order valence-electron chi connectivity index (χ4n) is 2.01. The summed E-state index contributed by atoms with van der Waals surface area (Å²) < 4.78 is 62.7. The van der Waals surface area contributed by atoms with Gasteiger partial charge in [-0.2, -0.15) is 13.2 Å². The van der Waals surface area contributed by atoms with E-state index in [9.17, 15) is 27.2 Å². The predicted octanol–water partition coefficient (Wildman–Crippen LogP) is 3.71. The van der Waals surface area contributed by atoms with Crippen LogP contribution in [0.4, 0.5) is 23.2 Å². The first-order valence-electron chi connectivity index (χ1n) is 7.70.